The number of nitrogens with one attached hydrogen (secondary N) is 1. The minimum absolute atomic E-state index is 0.368. The Morgan fingerprint density at radius 3 is 2.38 bits per heavy atom. The predicted octanol–water partition coefficient (Wildman–Crippen LogP) is 5.29. The van der Waals surface area contributed by atoms with Crippen LogP contribution in [0.1, 0.15) is 28.4 Å². The van der Waals surface area contributed by atoms with Gasteiger partial charge in [0.05, 0.1) is 11.8 Å². The number of hydrogen-bond acceptors (Lipinski definition) is 5. The van der Waals surface area contributed by atoms with Gasteiger partial charge in [-0.05, 0) is 66.8 Å². The molecule has 1 atom stereocenters. The molecule has 34 heavy (non-hydrogen) atoms. The molecule has 0 aliphatic rings. The summed E-state index contributed by atoms with van der Waals surface area (Å²) < 4.78 is 11.3. The Morgan fingerprint density at radius 2 is 1.59 bits per heavy atom. The third-order valence-corrected chi connectivity index (χ3v) is 5.27. The van der Waals surface area contributed by atoms with Crippen molar-refractivity contribution in [3.8, 4) is 11.5 Å². The van der Waals surface area contributed by atoms with Gasteiger partial charge in [0.25, 0.3) is 5.91 Å². The molecule has 1 amide bonds. The smallest absolute Gasteiger partial charge is 0.343 e. The Labute approximate surface area is 197 Å². The average molecular weight is 453 g/mol. The van der Waals surface area contributed by atoms with Gasteiger partial charge in [0.2, 0.25) is 0 Å². The number of benzene rings is 4. The number of ether oxygens (including phenoxy) is 2. The molecule has 0 fully saturated rings. The van der Waals surface area contributed by atoms with Crippen molar-refractivity contribution in [2.75, 3.05) is 0 Å². The van der Waals surface area contributed by atoms with E-state index in [1.54, 1.807) is 43.3 Å². The van der Waals surface area contributed by atoms with Crippen LogP contribution in [-0.2, 0) is 4.79 Å². The van der Waals surface area contributed by atoms with Crippen molar-refractivity contribution >= 4 is 28.9 Å². The van der Waals surface area contributed by atoms with E-state index in [1.807, 2.05) is 61.5 Å². The number of hydrazone groups is 1. The minimum Gasteiger partial charge on any atom is -0.480 e. The Morgan fingerprint density at radius 1 is 0.882 bits per heavy atom. The first-order chi connectivity index (χ1) is 16.5. The molecule has 0 aliphatic heterocycles. The number of fused-ring (bicyclic) bond motifs is 1. The second-order valence-corrected chi connectivity index (χ2v) is 7.75. The van der Waals surface area contributed by atoms with Crippen LogP contribution < -0.4 is 14.9 Å². The number of rotatable bonds is 7. The van der Waals surface area contributed by atoms with Crippen LogP contribution in [0.3, 0.4) is 0 Å². The zero-order chi connectivity index (χ0) is 23.9. The zero-order valence-corrected chi connectivity index (χ0v) is 18.9. The maximum Gasteiger partial charge on any atom is 0.343 e. The maximum absolute atomic E-state index is 12.4. The topological polar surface area (TPSA) is 77.0 Å². The fraction of sp³-hybridized carbons (Fsp3) is 0.107. The molecule has 170 valence electrons. The number of carbonyl (C=O) groups is 2. The van der Waals surface area contributed by atoms with Gasteiger partial charge in [0.1, 0.15) is 11.5 Å². The van der Waals surface area contributed by atoms with E-state index in [1.165, 1.54) is 6.21 Å². The molecule has 6 heteroatoms. The van der Waals surface area contributed by atoms with Crippen molar-refractivity contribution in [3.05, 3.63) is 108 Å². The molecule has 0 spiro atoms. The molecule has 1 N–H and O–H groups in total. The van der Waals surface area contributed by atoms with Crippen LogP contribution in [0, 0.1) is 6.92 Å². The first-order valence-corrected chi connectivity index (χ1v) is 10.9. The summed E-state index contributed by atoms with van der Waals surface area (Å²) in [5, 5.41) is 5.99. The van der Waals surface area contributed by atoms with Crippen LogP contribution in [0.15, 0.2) is 96.1 Å². The number of hydrogen-bond donors (Lipinski definition) is 1. The Bertz CT molecular complexity index is 1340. The third-order valence-electron chi connectivity index (χ3n) is 5.27. The van der Waals surface area contributed by atoms with Gasteiger partial charge in [-0.1, -0.05) is 54.6 Å². The lowest BCUT2D eigenvalue weighted by Crippen LogP contribution is -2.33. The summed E-state index contributed by atoms with van der Waals surface area (Å²) in [6, 6.07) is 27.6. The number of amides is 1. The van der Waals surface area contributed by atoms with Crippen molar-refractivity contribution < 1.29 is 19.1 Å². The molecule has 0 saturated carbocycles. The van der Waals surface area contributed by atoms with Crippen LogP contribution in [0.25, 0.3) is 10.8 Å². The van der Waals surface area contributed by atoms with Crippen molar-refractivity contribution in [1.82, 2.24) is 5.43 Å². The Balaban J connectivity index is 1.31. The summed E-state index contributed by atoms with van der Waals surface area (Å²) >= 11 is 0. The average Bonchev–Trinajstić information content (AvgIpc) is 2.85. The fourth-order valence-electron chi connectivity index (χ4n) is 3.39. The molecule has 0 saturated heterocycles. The Kier molecular flexibility index (Phi) is 6.98. The van der Waals surface area contributed by atoms with E-state index in [9.17, 15) is 9.59 Å². The number of nitrogens with zero attached hydrogens (tertiary/aromatic N) is 1. The third kappa shape index (κ3) is 5.48. The normalized spacial score (nSPS) is 11.8. The molecule has 4 aromatic carbocycles. The summed E-state index contributed by atoms with van der Waals surface area (Å²) in [5.74, 6) is 0.284. The van der Waals surface area contributed by atoms with Crippen LogP contribution in [0.4, 0.5) is 0 Å². The standard InChI is InChI=1S/C28H24N2O4/c1-19-8-3-5-11-24(19)28(32)34-23-16-14-21(15-17-23)18-29-30-27(31)20(2)33-26-13-7-10-22-9-4-6-12-25(22)26/h3-18,20H,1-2H3,(H,30,31). The SMILES string of the molecule is Cc1ccccc1C(=O)Oc1ccc(C=NNC(=O)C(C)Oc2cccc3ccccc23)cc1. The van der Waals surface area contributed by atoms with Gasteiger partial charge < -0.3 is 9.47 Å². The molecule has 0 aromatic heterocycles. The van der Waals surface area contributed by atoms with Gasteiger partial charge in [-0.25, -0.2) is 10.2 Å². The van der Waals surface area contributed by atoms with Crippen LogP contribution in [-0.4, -0.2) is 24.2 Å². The van der Waals surface area contributed by atoms with Crippen molar-refractivity contribution in [1.29, 1.82) is 0 Å². The highest BCUT2D eigenvalue weighted by atomic mass is 16.5. The first kappa shape index (κ1) is 22.7. The number of esters is 1. The predicted molar refractivity (Wildman–Crippen MR) is 132 cm³/mol. The molecule has 0 aliphatic carbocycles. The van der Waals surface area contributed by atoms with E-state index in [-0.39, 0.29) is 5.91 Å². The Hall–Kier alpha value is -4.45. The minimum atomic E-state index is -0.730. The first-order valence-electron chi connectivity index (χ1n) is 10.9. The quantitative estimate of drug-likeness (QED) is 0.179. The van der Waals surface area contributed by atoms with Gasteiger partial charge in [-0.3, -0.25) is 4.79 Å². The van der Waals surface area contributed by atoms with Gasteiger partial charge in [-0.2, -0.15) is 5.10 Å². The van der Waals surface area contributed by atoms with Gasteiger partial charge in [-0.15, -0.1) is 0 Å². The largest absolute Gasteiger partial charge is 0.480 e. The van der Waals surface area contributed by atoms with Crippen molar-refractivity contribution in [2.45, 2.75) is 20.0 Å². The number of aryl methyl sites for hydroxylation is 1. The second-order valence-electron chi connectivity index (χ2n) is 7.75. The van der Waals surface area contributed by atoms with Crippen molar-refractivity contribution in [2.24, 2.45) is 5.10 Å². The lowest BCUT2D eigenvalue weighted by atomic mass is 10.1. The lowest BCUT2D eigenvalue weighted by Gasteiger charge is -2.14. The maximum atomic E-state index is 12.4. The molecule has 0 radical (unpaired) electrons. The molecular formula is C28H24N2O4. The van der Waals surface area contributed by atoms with Crippen LogP contribution >= 0.6 is 0 Å². The summed E-state index contributed by atoms with van der Waals surface area (Å²) in [6.45, 7) is 3.53. The molecule has 1 unspecified atom stereocenters. The molecule has 0 heterocycles. The molecule has 4 aromatic rings. The summed E-state index contributed by atoms with van der Waals surface area (Å²) in [4.78, 5) is 24.7. The highest BCUT2D eigenvalue weighted by Crippen LogP contribution is 2.26. The summed E-state index contributed by atoms with van der Waals surface area (Å²) in [7, 11) is 0. The molecular weight excluding hydrogens is 428 g/mol. The van der Waals surface area contributed by atoms with E-state index in [0.29, 0.717) is 17.1 Å². The van der Waals surface area contributed by atoms with Gasteiger partial charge in [0, 0.05) is 5.39 Å². The monoisotopic (exact) mass is 452 g/mol. The van der Waals surface area contributed by atoms with E-state index in [4.69, 9.17) is 9.47 Å². The fourth-order valence-corrected chi connectivity index (χ4v) is 3.39. The lowest BCUT2D eigenvalue weighted by molar-refractivity contribution is -0.127. The zero-order valence-electron chi connectivity index (χ0n) is 18.9. The molecule has 0 bridgehead atoms. The second kappa shape index (κ2) is 10.4. The van der Waals surface area contributed by atoms with E-state index >= 15 is 0 Å². The van der Waals surface area contributed by atoms with Crippen LogP contribution in [0.5, 0.6) is 11.5 Å². The number of carbonyl (C=O) groups excluding carboxylic acids is 2. The highest BCUT2D eigenvalue weighted by Gasteiger charge is 2.15. The summed E-state index contributed by atoms with van der Waals surface area (Å²) in [5.41, 5.74) is 4.60. The van der Waals surface area contributed by atoms with E-state index in [0.717, 1.165) is 21.9 Å². The van der Waals surface area contributed by atoms with Gasteiger partial charge >= 0.3 is 5.97 Å². The van der Waals surface area contributed by atoms with Gasteiger partial charge in [0.15, 0.2) is 6.10 Å². The molecule has 6 nitrogen and oxygen atoms in total. The van der Waals surface area contributed by atoms with E-state index in [2.05, 4.69) is 10.5 Å². The summed E-state index contributed by atoms with van der Waals surface area (Å²) in [6.07, 6.45) is 0.779. The van der Waals surface area contributed by atoms with Crippen molar-refractivity contribution in [3.63, 3.8) is 0 Å². The van der Waals surface area contributed by atoms with E-state index < -0.39 is 12.1 Å². The molecule has 4 rings (SSSR count). The van der Waals surface area contributed by atoms with Crippen LogP contribution in [0.2, 0.25) is 0 Å². The highest BCUT2D eigenvalue weighted by molar-refractivity contribution is 5.93.